The number of nitrogens with one attached hydrogen (secondary N) is 2. The monoisotopic (exact) mass is 180 g/mol. The number of hydrogen-bond donors (Lipinski definition) is 3. The van der Waals surface area contributed by atoms with Gasteiger partial charge in [-0.2, -0.15) is 0 Å². The lowest BCUT2D eigenvalue weighted by Crippen LogP contribution is -1.99. The summed E-state index contributed by atoms with van der Waals surface area (Å²) in [6, 6.07) is 4.31. The van der Waals surface area contributed by atoms with Crippen LogP contribution in [0.4, 0.5) is 5.69 Å². The summed E-state index contributed by atoms with van der Waals surface area (Å²) in [6.45, 7) is 0. The quantitative estimate of drug-likeness (QED) is 0.563. The molecule has 0 unspecified atom stereocenters. The van der Waals surface area contributed by atoms with Crippen LogP contribution in [0, 0.1) is 4.91 Å². The molecule has 0 fully saturated rings. The molecule has 3 N–H and O–H groups in total. The predicted octanol–water partition coefficient (Wildman–Crippen LogP) is 0.656. The van der Waals surface area contributed by atoms with E-state index in [1.54, 1.807) is 0 Å². The molecule has 0 saturated carbocycles. The van der Waals surface area contributed by atoms with Crippen LogP contribution in [-0.4, -0.2) is 20.1 Å². The second kappa shape index (κ2) is 2.44. The fourth-order valence-corrected chi connectivity index (χ4v) is 1.14. The highest BCUT2D eigenvalue weighted by molar-refractivity contribution is 5.76. The molecule has 0 aliphatic carbocycles. The van der Waals surface area contributed by atoms with E-state index in [0.29, 0.717) is 11.0 Å². The Labute approximate surface area is 71.4 Å². The van der Waals surface area contributed by atoms with E-state index in [1.165, 1.54) is 18.2 Å². The predicted molar refractivity (Wildman–Crippen MR) is 44.0 cm³/mol. The average molecular weight is 180 g/mol. The highest BCUT2D eigenvalue weighted by Gasteiger charge is 2.12. The lowest BCUT2D eigenvalue weighted by molar-refractivity contribution is -0.729. The van der Waals surface area contributed by atoms with Crippen molar-refractivity contribution in [2.24, 2.45) is 0 Å². The molecule has 0 spiro atoms. The normalized spacial score (nSPS) is 10.5. The summed E-state index contributed by atoms with van der Waals surface area (Å²) in [7, 11) is 0. The van der Waals surface area contributed by atoms with Crippen molar-refractivity contribution in [3.63, 3.8) is 0 Å². The van der Waals surface area contributed by atoms with Crippen LogP contribution < -0.4 is 5.69 Å². The summed E-state index contributed by atoms with van der Waals surface area (Å²) in [6.07, 6.45) is 0. The number of imidazole rings is 1. The molecule has 0 amide bonds. The van der Waals surface area contributed by atoms with Gasteiger partial charge in [-0.25, -0.2) is 10.0 Å². The molecular formula is C7H6N3O3+. The number of benzene rings is 1. The van der Waals surface area contributed by atoms with Gasteiger partial charge in [0.25, 0.3) is 4.92 Å². The minimum atomic E-state index is -0.345. The van der Waals surface area contributed by atoms with E-state index in [0.717, 1.165) is 0 Å². The second-order valence-electron chi connectivity index (χ2n) is 2.58. The molecule has 13 heavy (non-hydrogen) atoms. The van der Waals surface area contributed by atoms with Crippen LogP contribution in [0.25, 0.3) is 11.0 Å². The Morgan fingerprint density at radius 2 is 1.92 bits per heavy atom. The Morgan fingerprint density at radius 3 is 2.62 bits per heavy atom. The van der Waals surface area contributed by atoms with Crippen LogP contribution in [-0.2, 0) is 0 Å². The first-order valence-electron chi connectivity index (χ1n) is 3.55. The van der Waals surface area contributed by atoms with E-state index < -0.39 is 0 Å². The number of fused-ring (bicyclic) bond motifs is 1. The van der Waals surface area contributed by atoms with Crippen molar-refractivity contribution in [1.82, 2.24) is 9.97 Å². The fourth-order valence-electron chi connectivity index (χ4n) is 1.14. The van der Waals surface area contributed by atoms with Crippen molar-refractivity contribution >= 4 is 16.7 Å². The van der Waals surface area contributed by atoms with E-state index in [-0.39, 0.29) is 16.3 Å². The van der Waals surface area contributed by atoms with Crippen molar-refractivity contribution in [1.29, 1.82) is 0 Å². The molecule has 0 aliphatic heterocycles. The summed E-state index contributed by atoms with van der Waals surface area (Å²) in [4.78, 5) is 26.0. The molecular weight excluding hydrogens is 174 g/mol. The molecule has 1 heterocycles. The van der Waals surface area contributed by atoms with Gasteiger partial charge in [0.2, 0.25) is 0 Å². The van der Waals surface area contributed by atoms with E-state index in [1.807, 2.05) is 0 Å². The smallest absolute Gasteiger partial charge is 0.306 e. The third kappa shape index (κ3) is 1.18. The molecule has 0 bridgehead atoms. The zero-order valence-corrected chi connectivity index (χ0v) is 6.44. The van der Waals surface area contributed by atoms with Crippen molar-refractivity contribution in [3.8, 4) is 0 Å². The van der Waals surface area contributed by atoms with Gasteiger partial charge in [0.15, 0.2) is 0 Å². The average Bonchev–Trinajstić information content (AvgIpc) is 2.42. The van der Waals surface area contributed by atoms with Crippen molar-refractivity contribution < 1.29 is 10.1 Å². The Morgan fingerprint density at radius 1 is 1.23 bits per heavy atom. The maximum absolute atomic E-state index is 10.8. The molecule has 0 atom stereocenters. The molecule has 0 radical (unpaired) electrons. The van der Waals surface area contributed by atoms with Crippen LogP contribution in [0.5, 0.6) is 0 Å². The number of aromatic nitrogens is 2. The molecule has 6 heteroatoms. The number of hydrogen-bond acceptors (Lipinski definition) is 2. The van der Waals surface area contributed by atoms with Crippen molar-refractivity contribution in [2.75, 3.05) is 0 Å². The summed E-state index contributed by atoms with van der Waals surface area (Å²) in [5, 5.41) is 8.57. The lowest BCUT2D eigenvalue weighted by atomic mass is 10.3. The van der Waals surface area contributed by atoms with Crippen molar-refractivity contribution in [2.45, 2.75) is 0 Å². The van der Waals surface area contributed by atoms with E-state index in [2.05, 4.69) is 9.97 Å². The molecule has 66 valence electrons. The van der Waals surface area contributed by atoms with E-state index in [9.17, 15) is 9.70 Å². The first kappa shape index (κ1) is 7.53. The third-order valence-electron chi connectivity index (χ3n) is 1.72. The van der Waals surface area contributed by atoms with Crippen LogP contribution in [0.15, 0.2) is 23.0 Å². The van der Waals surface area contributed by atoms with Gasteiger partial charge < -0.3 is 9.97 Å². The molecule has 2 aromatic rings. The minimum Gasteiger partial charge on any atom is -0.306 e. The van der Waals surface area contributed by atoms with Gasteiger partial charge in [-0.05, 0) is 6.07 Å². The number of nitrogens with zero attached hydrogens (tertiary/aromatic N) is 1. The SMILES string of the molecule is O=c1[nH]c2ccc([N+](=O)O)cc2[nH]1. The van der Waals surface area contributed by atoms with Crippen LogP contribution in [0.2, 0.25) is 0 Å². The van der Waals surface area contributed by atoms with Gasteiger partial charge in [0.1, 0.15) is 0 Å². The van der Waals surface area contributed by atoms with Gasteiger partial charge in [0, 0.05) is 12.1 Å². The largest absolute Gasteiger partial charge is 0.323 e. The molecule has 1 aromatic carbocycles. The molecule has 1 aromatic heterocycles. The highest BCUT2D eigenvalue weighted by Crippen LogP contribution is 2.15. The zero-order chi connectivity index (χ0) is 9.42. The Bertz CT molecular complexity index is 525. The molecule has 0 aliphatic rings. The minimum absolute atomic E-state index is 0.0720. The standard InChI is InChI=1S/C7H5N3O3/c11-7-8-5-2-1-4(10(12)13)3-6(5)9-7/h1-3H,(H2-,8,9,11,12,13)/p+1. The molecule has 6 nitrogen and oxygen atoms in total. The van der Waals surface area contributed by atoms with Crippen LogP contribution in [0.3, 0.4) is 0 Å². The first-order chi connectivity index (χ1) is 6.16. The fraction of sp³-hybridized carbons (Fsp3) is 0. The van der Waals surface area contributed by atoms with Gasteiger partial charge in [-0.3, -0.25) is 0 Å². The Kier molecular flexibility index (Phi) is 1.42. The summed E-state index contributed by atoms with van der Waals surface area (Å²) >= 11 is 0. The van der Waals surface area contributed by atoms with Gasteiger partial charge in [-0.1, -0.05) is 0 Å². The Balaban J connectivity index is 2.74. The van der Waals surface area contributed by atoms with Gasteiger partial charge in [-0.15, -0.1) is 0 Å². The van der Waals surface area contributed by atoms with E-state index >= 15 is 0 Å². The number of aromatic amines is 2. The summed E-state index contributed by atoms with van der Waals surface area (Å²) in [5.74, 6) is 0. The van der Waals surface area contributed by atoms with Gasteiger partial charge >= 0.3 is 11.4 Å². The van der Waals surface area contributed by atoms with Crippen molar-refractivity contribution in [3.05, 3.63) is 33.6 Å². The lowest BCUT2D eigenvalue weighted by Gasteiger charge is -1.85. The topological polar surface area (TPSA) is 89.0 Å². The third-order valence-corrected chi connectivity index (χ3v) is 1.72. The zero-order valence-electron chi connectivity index (χ0n) is 6.44. The molecule has 2 rings (SSSR count). The number of H-pyrrole nitrogens is 2. The summed E-state index contributed by atoms with van der Waals surface area (Å²) in [5.41, 5.74) is 0.804. The van der Waals surface area contributed by atoms with E-state index in [4.69, 9.17) is 5.21 Å². The molecule has 0 saturated heterocycles. The number of rotatable bonds is 1. The van der Waals surface area contributed by atoms with Gasteiger partial charge in [0.05, 0.1) is 15.9 Å². The second-order valence-corrected chi connectivity index (χ2v) is 2.58. The first-order valence-corrected chi connectivity index (χ1v) is 3.55. The maximum Gasteiger partial charge on any atom is 0.323 e. The van der Waals surface area contributed by atoms with Crippen LogP contribution in [0.1, 0.15) is 0 Å². The maximum atomic E-state index is 10.8. The van der Waals surface area contributed by atoms with Crippen LogP contribution >= 0.6 is 0 Å². The Hall–Kier alpha value is -2.11. The highest BCUT2D eigenvalue weighted by atomic mass is 16.6. The summed E-state index contributed by atoms with van der Waals surface area (Å²) < 4.78 is 0.